The second-order valence-corrected chi connectivity index (χ2v) is 8.38. The van der Waals surface area contributed by atoms with Crippen LogP contribution in [0, 0.1) is 10.8 Å². The molecule has 0 radical (unpaired) electrons. The number of anilines is 2. The van der Waals surface area contributed by atoms with Crippen LogP contribution in [0.25, 0.3) is 0 Å². The Morgan fingerprint density at radius 2 is 1.80 bits per heavy atom. The van der Waals surface area contributed by atoms with Crippen molar-refractivity contribution in [1.82, 2.24) is 0 Å². The summed E-state index contributed by atoms with van der Waals surface area (Å²) in [5.74, 6) is 0.680. The summed E-state index contributed by atoms with van der Waals surface area (Å²) in [4.78, 5) is 2.23. The molecule has 1 aromatic rings. The van der Waals surface area contributed by atoms with Gasteiger partial charge in [0.05, 0.1) is 11.4 Å². The van der Waals surface area contributed by atoms with Crippen LogP contribution >= 0.6 is 27.5 Å². The van der Waals surface area contributed by atoms with Crippen molar-refractivity contribution >= 4 is 38.9 Å². The quantitative estimate of drug-likeness (QED) is 0.561. The number of benzene rings is 1. The second kappa shape index (κ2) is 6.57. The van der Waals surface area contributed by atoms with E-state index in [2.05, 4.69) is 61.6 Å². The lowest BCUT2D eigenvalue weighted by molar-refractivity contribution is 0.221. The minimum Gasteiger partial charge on any atom is -0.397 e. The lowest BCUT2D eigenvalue weighted by atomic mass is 9.76. The van der Waals surface area contributed by atoms with Gasteiger partial charge in [-0.2, -0.15) is 0 Å². The topological polar surface area (TPSA) is 29.3 Å². The number of nitrogen functional groups attached to an aromatic ring is 1. The van der Waals surface area contributed by atoms with Gasteiger partial charge < -0.3 is 10.6 Å². The van der Waals surface area contributed by atoms with Crippen molar-refractivity contribution in [3.05, 3.63) is 22.7 Å². The first-order valence-corrected chi connectivity index (χ1v) is 8.21. The molecule has 0 saturated heterocycles. The van der Waals surface area contributed by atoms with E-state index in [-0.39, 0.29) is 10.8 Å². The maximum absolute atomic E-state index is 6.08. The molecule has 2 N–H and O–H groups in total. The Labute approximate surface area is 136 Å². The average molecular weight is 362 g/mol. The molecular formula is C16H26BrClN2. The Kier molecular flexibility index (Phi) is 5.79. The Morgan fingerprint density at radius 3 is 2.35 bits per heavy atom. The average Bonchev–Trinajstić information content (AvgIpc) is 2.30. The van der Waals surface area contributed by atoms with Gasteiger partial charge in [0.15, 0.2) is 0 Å². The molecule has 2 nitrogen and oxygen atoms in total. The summed E-state index contributed by atoms with van der Waals surface area (Å²) in [6.07, 6.45) is 1.07. The predicted octanol–water partition coefficient (Wildman–Crippen LogP) is 5.15. The molecule has 1 aromatic carbocycles. The minimum absolute atomic E-state index is 0.148. The third-order valence-corrected chi connectivity index (χ3v) is 4.60. The number of hydrogen-bond donors (Lipinski definition) is 1. The smallest absolute Gasteiger partial charge is 0.0608 e. The van der Waals surface area contributed by atoms with Crippen LogP contribution in [-0.2, 0) is 0 Å². The summed E-state index contributed by atoms with van der Waals surface area (Å²) in [5, 5.41) is 0. The van der Waals surface area contributed by atoms with Gasteiger partial charge >= 0.3 is 0 Å². The summed E-state index contributed by atoms with van der Waals surface area (Å²) < 4.78 is 1.05. The van der Waals surface area contributed by atoms with E-state index in [0.717, 1.165) is 28.8 Å². The summed E-state index contributed by atoms with van der Waals surface area (Å²) in [6.45, 7) is 9.94. The van der Waals surface area contributed by atoms with Crippen LogP contribution in [0.5, 0.6) is 0 Å². The molecule has 0 amide bonds. The van der Waals surface area contributed by atoms with Gasteiger partial charge in [-0.3, -0.25) is 0 Å². The lowest BCUT2D eigenvalue weighted by Crippen LogP contribution is -2.35. The summed E-state index contributed by atoms with van der Waals surface area (Å²) in [6, 6.07) is 5.97. The molecule has 0 aromatic heterocycles. The molecule has 0 fully saturated rings. The molecular weight excluding hydrogens is 336 g/mol. The summed E-state index contributed by atoms with van der Waals surface area (Å²) >= 11 is 9.56. The standard InChI is InChI=1S/C16H26BrClN2/c1-15(2,10-18)9-16(3,4)11-20(5)14-8-12(17)6-7-13(14)19/h6-8H,9-11,19H2,1-5H3. The third kappa shape index (κ3) is 5.17. The monoisotopic (exact) mass is 360 g/mol. The zero-order chi connectivity index (χ0) is 15.6. The van der Waals surface area contributed by atoms with Gasteiger partial charge in [-0.15, -0.1) is 11.6 Å². The largest absolute Gasteiger partial charge is 0.397 e. The molecule has 0 aliphatic rings. The van der Waals surface area contributed by atoms with Crippen molar-refractivity contribution in [2.75, 3.05) is 30.1 Å². The lowest BCUT2D eigenvalue weighted by Gasteiger charge is -2.37. The highest BCUT2D eigenvalue weighted by Crippen LogP contribution is 2.36. The number of nitrogens with two attached hydrogens (primary N) is 1. The number of nitrogens with zero attached hydrogens (tertiary/aromatic N) is 1. The van der Waals surface area contributed by atoms with Crippen LogP contribution in [0.1, 0.15) is 34.1 Å². The second-order valence-electron chi connectivity index (χ2n) is 7.20. The molecule has 0 aliphatic heterocycles. The van der Waals surface area contributed by atoms with Crippen molar-refractivity contribution in [2.24, 2.45) is 10.8 Å². The predicted molar refractivity (Wildman–Crippen MR) is 94.7 cm³/mol. The van der Waals surface area contributed by atoms with Gasteiger partial charge in [-0.25, -0.2) is 0 Å². The Hall–Kier alpha value is -0.410. The van der Waals surface area contributed by atoms with E-state index in [9.17, 15) is 0 Å². The molecule has 0 bridgehead atoms. The number of alkyl halides is 1. The van der Waals surface area contributed by atoms with Gasteiger partial charge in [-0.1, -0.05) is 43.6 Å². The van der Waals surface area contributed by atoms with E-state index in [0.29, 0.717) is 5.88 Å². The Morgan fingerprint density at radius 1 is 1.20 bits per heavy atom. The van der Waals surface area contributed by atoms with Crippen molar-refractivity contribution in [3.63, 3.8) is 0 Å². The first-order chi connectivity index (χ1) is 9.06. The molecule has 0 heterocycles. The zero-order valence-electron chi connectivity index (χ0n) is 13.1. The minimum atomic E-state index is 0.148. The SMILES string of the molecule is CN(CC(C)(C)CC(C)(C)CCl)c1cc(Br)ccc1N. The maximum Gasteiger partial charge on any atom is 0.0608 e. The molecule has 0 unspecified atom stereocenters. The fourth-order valence-corrected chi connectivity index (χ4v) is 3.42. The number of hydrogen-bond acceptors (Lipinski definition) is 2. The van der Waals surface area contributed by atoms with E-state index in [1.54, 1.807) is 0 Å². The van der Waals surface area contributed by atoms with Crippen LogP contribution in [0.2, 0.25) is 0 Å². The van der Waals surface area contributed by atoms with E-state index in [4.69, 9.17) is 17.3 Å². The van der Waals surface area contributed by atoms with Crippen LogP contribution in [0.3, 0.4) is 0 Å². The van der Waals surface area contributed by atoms with Gasteiger partial charge in [0, 0.05) is 23.9 Å². The van der Waals surface area contributed by atoms with Gasteiger partial charge in [-0.05, 0) is 35.4 Å². The van der Waals surface area contributed by atoms with Crippen molar-refractivity contribution < 1.29 is 0 Å². The summed E-state index contributed by atoms with van der Waals surface area (Å²) in [5.41, 5.74) is 8.27. The van der Waals surface area contributed by atoms with E-state index in [1.807, 2.05) is 12.1 Å². The van der Waals surface area contributed by atoms with E-state index < -0.39 is 0 Å². The fourth-order valence-electron chi connectivity index (χ4n) is 2.97. The van der Waals surface area contributed by atoms with Crippen molar-refractivity contribution in [3.8, 4) is 0 Å². The number of rotatable bonds is 6. The normalized spacial score (nSPS) is 12.6. The van der Waals surface area contributed by atoms with Crippen LogP contribution < -0.4 is 10.6 Å². The molecule has 0 spiro atoms. The van der Waals surface area contributed by atoms with Gasteiger partial charge in [0.25, 0.3) is 0 Å². The van der Waals surface area contributed by atoms with Gasteiger partial charge in [0.1, 0.15) is 0 Å². The zero-order valence-corrected chi connectivity index (χ0v) is 15.5. The van der Waals surface area contributed by atoms with Gasteiger partial charge in [0.2, 0.25) is 0 Å². The molecule has 0 aliphatic carbocycles. The van der Waals surface area contributed by atoms with Crippen LogP contribution in [-0.4, -0.2) is 19.5 Å². The van der Waals surface area contributed by atoms with Crippen LogP contribution in [0.4, 0.5) is 11.4 Å². The van der Waals surface area contributed by atoms with E-state index >= 15 is 0 Å². The molecule has 20 heavy (non-hydrogen) atoms. The Balaban J connectivity index is 2.83. The van der Waals surface area contributed by atoms with Crippen LogP contribution in [0.15, 0.2) is 22.7 Å². The molecule has 0 saturated carbocycles. The first-order valence-electron chi connectivity index (χ1n) is 6.88. The number of halogens is 2. The highest BCUT2D eigenvalue weighted by atomic mass is 79.9. The third-order valence-electron chi connectivity index (χ3n) is 3.39. The van der Waals surface area contributed by atoms with Crippen molar-refractivity contribution in [1.29, 1.82) is 0 Å². The maximum atomic E-state index is 6.08. The highest BCUT2D eigenvalue weighted by molar-refractivity contribution is 9.10. The molecule has 1 rings (SSSR count). The van der Waals surface area contributed by atoms with Crippen molar-refractivity contribution in [2.45, 2.75) is 34.1 Å². The molecule has 0 atom stereocenters. The molecule has 114 valence electrons. The van der Waals surface area contributed by atoms with E-state index in [1.165, 1.54) is 0 Å². The fraction of sp³-hybridized carbons (Fsp3) is 0.625. The Bertz CT molecular complexity index is 458. The first kappa shape index (κ1) is 17.6. The summed E-state index contributed by atoms with van der Waals surface area (Å²) in [7, 11) is 2.09. The molecule has 4 heteroatoms. The highest BCUT2D eigenvalue weighted by Gasteiger charge is 2.29.